The second-order valence-corrected chi connectivity index (χ2v) is 19.3. The van der Waals surface area contributed by atoms with Gasteiger partial charge in [0.05, 0.1) is 31.1 Å². The maximum atomic E-state index is 15.5. The minimum atomic E-state index is -3.90. The average Bonchev–Trinajstić information content (AvgIpc) is 3.35. The predicted octanol–water partition coefficient (Wildman–Crippen LogP) is 7.18. The number of anilines is 2. The highest BCUT2D eigenvalue weighted by atomic mass is 28.4. The predicted molar refractivity (Wildman–Crippen MR) is 181 cm³/mol. The SMILES string of the molecule is COc1ccc(CN2C(=O)CCc3c(OCC4(O)CCN(c5cc6c(cc5F)OC(F)(F)O6)CC4O[Si](C)(C)C(C)(C)C)ccc(F)c32)cc1. The van der Waals surface area contributed by atoms with Gasteiger partial charge in [-0.1, -0.05) is 32.9 Å². The Balaban J connectivity index is 1.27. The van der Waals surface area contributed by atoms with Crippen LogP contribution in [0.25, 0.3) is 0 Å². The van der Waals surface area contributed by atoms with Crippen LogP contribution in [0.4, 0.5) is 28.9 Å². The van der Waals surface area contributed by atoms with Gasteiger partial charge in [-0.05, 0) is 60.8 Å². The molecule has 1 fully saturated rings. The lowest BCUT2D eigenvalue weighted by Crippen LogP contribution is -2.63. The van der Waals surface area contributed by atoms with E-state index in [2.05, 4.69) is 30.2 Å². The van der Waals surface area contributed by atoms with Crippen molar-refractivity contribution in [3.05, 3.63) is 71.3 Å². The first kappa shape index (κ1) is 35.8. The van der Waals surface area contributed by atoms with E-state index in [1.807, 2.05) is 25.2 Å². The molecule has 0 spiro atoms. The average molecular weight is 719 g/mol. The van der Waals surface area contributed by atoms with Gasteiger partial charge in [-0.3, -0.25) is 4.79 Å². The van der Waals surface area contributed by atoms with Gasteiger partial charge in [0.15, 0.2) is 19.8 Å². The molecule has 3 aliphatic rings. The molecule has 1 amide bonds. The number of amides is 1. The van der Waals surface area contributed by atoms with Gasteiger partial charge in [0.2, 0.25) is 5.91 Å². The van der Waals surface area contributed by atoms with Crippen LogP contribution in [0.1, 0.15) is 44.7 Å². The number of halogens is 4. The molecular formula is C36H42F4N2O7Si. The van der Waals surface area contributed by atoms with Gasteiger partial charge < -0.3 is 38.3 Å². The summed E-state index contributed by atoms with van der Waals surface area (Å²) in [7, 11) is -0.984. The fourth-order valence-electron chi connectivity index (χ4n) is 6.25. The molecule has 2 unspecified atom stereocenters. The van der Waals surface area contributed by atoms with E-state index in [1.54, 1.807) is 24.1 Å². The number of fused-ring (bicyclic) bond motifs is 2. The van der Waals surface area contributed by atoms with Gasteiger partial charge in [0, 0.05) is 37.2 Å². The zero-order chi connectivity index (χ0) is 36.2. The van der Waals surface area contributed by atoms with Crippen LogP contribution in [-0.2, 0) is 22.2 Å². The number of benzene rings is 3. The van der Waals surface area contributed by atoms with Crippen LogP contribution >= 0.6 is 0 Å². The Bertz CT molecular complexity index is 1770. The fraction of sp³-hybridized carbons (Fsp3) is 0.472. The van der Waals surface area contributed by atoms with Gasteiger partial charge >= 0.3 is 6.29 Å². The van der Waals surface area contributed by atoms with Crippen LogP contribution < -0.4 is 28.7 Å². The molecule has 1 saturated heterocycles. The molecule has 14 heteroatoms. The van der Waals surface area contributed by atoms with Crippen molar-refractivity contribution in [1.29, 1.82) is 0 Å². The smallest absolute Gasteiger partial charge is 0.497 e. The molecule has 1 N–H and O–H groups in total. The third kappa shape index (κ3) is 6.97. The number of rotatable bonds is 9. The molecule has 270 valence electrons. The highest BCUT2D eigenvalue weighted by Crippen LogP contribution is 2.46. The lowest BCUT2D eigenvalue weighted by atomic mass is 9.89. The van der Waals surface area contributed by atoms with Crippen molar-refractivity contribution >= 4 is 25.6 Å². The Morgan fingerprint density at radius 1 is 1.00 bits per heavy atom. The number of aliphatic hydroxyl groups is 1. The van der Waals surface area contributed by atoms with Crippen LogP contribution in [0.3, 0.4) is 0 Å². The van der Waals surface area contributed by atoms with Gasteiger partial charge in [-0.25, -0.2) is 8.78 Å². The quantitative estimate of drug-likeness (QED) is 0.184. The topological polar surface area (TPSA) is 89.9 Å². The third-order valence-corrected chi connectivity index (χ3v) is 14.7. The molecule has 50 heavy (non-hydrogen) atoms. The van der Waals surface area contributed by atoms with E-state index in [0.717, 1.165) is 11.6 Å². The minimum absolute atomic E-state index is 0.00562. The summed E-state index contributed by atoms with van der Waals surface area (Å²) in [5.41, 5.74) is -0.127. The maximum Gasteiger partial charge on any atom is 0.586 e. The molecule has 3 aliphatic heterocycles. The molecule has 0 radical (unpaired) electrons. The van der Waals surface area contributed by atoms with E-state index in [0.29, 0.717) is 17.1 Å². The van der Waals surface area contributed by atoms with Crippen LogP contribution in [0.15, 0.2) is 48.5 Å². The van der Waals surface area contributed by atoms with E-state index < -0.39 is 43.7 Å². The normalized spacial score (nSPS) is 21.7. The second-order valence-electron chi connectivity index (χ2n) is 14.6. The summed E-state index contributed by atoms with van der Waals surface area (Å²) in [6.07, 6.45) is -4.32. The van der Waals surface area contributed by atoms with Gasteiger partial charge in [-0.15, -0.1) is 8.78 Å². The first-order chi connectivity index (χ1) is 23.4. The molecule has 3 aromatic carbocycles. The number of carbonyl (C=O) groups excluding carboxylic acids is 1. The van der Waals surface area contributed by atoms with E-state index in [9.17, 15) is 18.7 Å². The number of ether oxygens (including phenoxy) is 4. The first-order valence-electron chi connectivity index (χ1n) is 16.5. The Labute approximate surface area is 289 Å². The van der Waals surface area contributed by atoms with E-state index >= 15 is 8.78 Å². The standard InChI is InChI=1S/C36H42F4N2O7Si/c1-34(2,3)50(5,6)49-31-20-41(27-18-30-29(17-26(27)38)47-36(39,40)48-30)16-15-35(31,44)21-46-28-13-12-25(37)33-24(28)11-14-32(43)42(33)19-22-7-9-23(45-4)10-8-22/h7-10,12-13,17-18,31,44H,11,14-16,19-21H2,1-6H3. The molecule has 3 aromatic rings. The summed E-state index contributed by atoms with van der Waals surface area (Å²) in [6.45, 7) is 10.3. The summed E-state index contributed by atoms with van der Waals surface area (Å²) < 4.78 is 85.5. The third-order valence-electron chi connectivity index (χ3n) is 10.2. The van der Waals surface area contributed by atoms with Crippen molar-refractivity contribution in [3.63, 3.8) is 0 Å². The lowest BCUT2D eigenvalue weighted by molar-refractivity contribution is -0.286. The highest BCUT2D eigenvalue weighted by Gasteiger charge is 2.50. The Morgan fingerprint density at radius 3 is 2.34 bits per heavy atom. The lowest BCUT2D eigenvalue weighted by Gasteiger charge is -2.49. The van der Waals surface area contributed by atoms with Crippen molar-refractivity contribution in [2.45, 2.75) is 82.7 Å². The van der Waals surface area contributed by atoms with E-state index in [1.165, 1.54) is 23.1 Å². The molecular weight excluding hydrogens is 676 g/mol. The molecule has 0 saturated carbocycles. The number of alkyl halides is 2. The largest absolute Gasteiger partial charge is 0.586 e. The second kappa shape index (κ2) is 12.9. The molecule has 9 nitrogen and oxygen atoms in total. The first-order valence-corrected chi connectivity index (χ1v) is 19.4. The molecule has 6 rings (SSSR count). The summed E-state index contributed by atoms with van der Waals surface area (Å²) in [5.74, 6) is -1.28. The Kier molecular flexibility index (Phi) is 9.27. The van der Waals surface area contributed by atoms with Crippen molar-refractivity contribution < 1.29 is 50.8 Å². The Morgan fingerprint density at radius 2 is 1.68 bits per heavy atom. The molecule has 2 atom stereocenters. The number of methoxy groups -OCH3 is 1. The minimum Gasteiger partial charge on any atom is -0.497 e. The molecule has 0 aromatic heterocycles. The van der Waals surface area contributed by atoms with Crippen molar-refractivity contribution in [3.8, 4) is 23.0 Å². The van der Waals surface area contributed by atoms with Crippen molar-refractivity contribution in [1.82, 2.24) is 0 Å². The van der Waals surface area contributed by atoms with Crippen LogP contribution in [0.5, 0.6) is 23.0 Å². The van der Waals surface area contributed by atoms with Crippen LogP contribution in [0.2, 0.25) is 18.1 Å². The van der Waals surface area contributed by atoms with Crippen LogP contribution in [0, 0.1) is 11.6 Å². The zero-order valence-electron chi connectivity index (χ0n) is 28.9. The van der Waals surface area contributed by atoms with E-state index in [-0.39, 0.29) is 73.6 Å². The molecule has 0 bridgehead atoms. The Hall–Kier alpha value is -4.01. The molecule has 3 heterocycles. The fourth-order valence-corrected chi connectivity index (χ4v) is 7.61. The van der Waals surface area contributed by atoms with Gasteiger partial charge in [0.25, 0.3) is 0 Å². The zero-order valence-corrected chi connectivity index (χ0v) is 29.9. The number of piperidine rings is 1. The number of hydrogen-bond acceptors (Lipinski definition) is 8. The van der Waals surface area contributed by atoms with Gasteiger partial charge in [0.1, 0.15) is 35.3 Å². The summed E-state index contributed by atoms with van der Waals surface area (Å²) in [4.78, 5) is 16.1. The van der Waals surface area contributed by atoms with Crippen molar-refractivity contribution in [2.75, 3.05) is 36.6 Å². The monoisotopic (exact) mass is 718 g/mol. The van der Waals surface area contributed by atoms with Crippen molar-refractivity contribution in [2.24, 2.45) is 0 Å². The molecule has 0 aliphatic carbocycles. The number of nitrogens with zero attached hydrogens (tertiary/aromatic N) is 2. The van der Waals surface area contributed by atoms with Crippen LogP contribution in [-0.4, -0.2) is 64.1 Å². The summed E-state index contributed by atoms with van der Waals surface area (Å²) in [6, 6.07) is 11.9. The highest BCUT2D eigenvalue weighted by molar-refractivity contribution is 6.74. The van der Waals surface area contributed by atoms with Gasteiger partial charge in [-0.2, -0.15) is 0 Å². The summed E-state index contributed by atoms with van der Waals surface area (Å²) in [5, 5.41) is 12.0. The maximum absolute atomic E-state index is 15.5. The van der Waals surface area contributed by atoms with E-state index in [4.69, 9.17) is 13.9 Å². The number of hydrogen-bond donors (Lipinski definition) is 1. The number of carbonyl (C=O) groups is 1. The summed E-state index contributed by atoms with van der Waals surface area (Å²) >= 11 is 0.